The smallest absolute Gasteiger partial charge is 0.271 e. The van der Waals surface area contributed by atoms with Gasteiger partial charge in [0, 0.05) is 22.6 Å². The Hall–Kier alpha value is -1.10. The van der Waals surface area contributed by atoms with Gasteiger partial charge in [0.2, 0.25) is 0 Å². The van der Waals surface area contributed by atoms with Gasteiger partial charge in [-0.1, -0.05) is 19.3 Å². The third-order valence-corrected chi connectivity index (χ3v) is 4.17. The second kappa shape index (κ2) is 5.69. The summed E-state index contributed by atoms with van der Waals surface area (Å²) in [7, 11) is 0. The molecule has 1 aliphatic rings. The lowest BCUT2D eigenvalue weighted by atomic mass is 9.81. The lowest BCUT2D eigenvalue weighted by molar-refractivity contribution is -0.384. The first kappa shape index (κ1) is 13.3. The molecule has 1 unspecified atom stereocenters. The Labute approximate surface area is 115 Å². The summed E-state index contributed by atoms with van der Waals surface area (Å²) in [5, 5.41) is 14.1. The molecule has 0 aromatic heterocycles. The molecular weight excluding hydrogens is 296 g/mol. The van der Waals surface area contributed by atoms with Gasteiger partial charge in [-0.2, -0.15) is 0 Å². The number of hydrogen-bond acceptors (Lipinski definition) is 3. The van der Waals surface area contributed by atoms with Crippen molar-refractivity contribution in [2.75, 3.05) is 5.32 Å². The Kier molecular flexibility index (Phi) is 4.22. The van der Waals surface area contributed by atoms with Gasteiger partial charge in [0.15, 0.2) is 0 Å². The summed E-state index contributed by atoms with van der Waals surface area (Å²) in [4.78, 5) is 10.4. The van der Waals surface area contributed by atoms with Crippen LogP contribution in [0.4, 0.5) is 11.4 Å². The second-order valence-electron chi connectivity index (χ2n) is 5.00. The van der Waals surface area contributed by atoms with Crippen LogP contribution in [0.25, 0.3) is 0 Å². The van der Waals surface area contributed by atoms with E-state index in [0.717, 1.165) is 22.5 Å². The topological polar surface area (TPSA) is 55.2 Å². The fourth-order valence-corrected chi connectivity index (χ4v) is 2.65. The highest BCUT2D eigenvalue weighted by atomic mass is 79.9. The summed E-state index contributed by atoms with van der Waals surface area (Å²) in [6.07, 6.45) is 5.12. The van der Waals surface area contributed by atoms with Gasteiger partial charge in [0.05, 0.1) is 10.6 Å². The van der Waals surface area contributed by atoms with E-state index in [4.69, 9.17) is 0 Å². The summed E-state index contributed by atoms with van der Waals surface area (Å²) >= 11 is 3.42. The number of nitro groups is 1. The van der Waals surface area contributed by atoms with Crippen LogP contribution in [0.5, 0.6) is 0 Å². The van der Waals surface area contributed by atoms with Crippen molar-refractivity contribution >= 4 is 27.3 Å². The normalized spacial score (nSPS) is 17.0. The summed E-state index contributed by atoms with van der Waals surface area (Å²) in [6.45, 7) is 2.13. The molecule has 1 N–H and O–H groups in total. The summed E-state index contributed by atoms with van der Waals surface area (Å²) in [5.74, 6) is 0.824. The van der Waals surface area contributed by atoms with Gasteiger partial charge in [-0.15, -0.1) is 0 Å². The molecule has 5 heteroatoms. The van der Waals surface area contributed by atoms with E-state index in [1.807, 2.05) is 0 Å². The maximum Gasteiger partial charge on any atom is 0.271 e. The number of nitrogens with one attached hydrogen (secondary N) is 1. The molecule has 18 heavy (non-hydrogen) atoms. The van der Waals surface area contributed by atoms with E-state index in [1.54, 1.807) is 12.1 Å². The predicted octanol–water partition coefficient (Wildman–Crippen LogP) is 4.35. The van der Waals surface area contributed by atoms with Gasteiger partial charge in [0.25, 0.3) is 5.69 Å². The lowest BCUT2D eigenvalue weighted by Gasteiger charge is -2.29. The van der Waals surface area contributed by atoms with Crippen molar-refractivity contribution < 1.29 is 4.92 Å². The minimum Gasteiger partial charge on any atom is -0.381 e. The van der Waals surface area contributed by atoms with Crippen LogP contribution in [0.2, 0.25) is 0 Å². The number of halogens is 1. The van der Waals surface area contributed by atoms with Crippen molar-refractivity contribution in [1.82, 2.24) is 0 Å². The fourth-order valence-electron chi connectivity index (χ4n) is 2.29. The average molecular weight is 313 g/mol. The molecular formula is C13H17BrN2O2. The highest BCUT2D eigenvalue weighted by Gasteiger charge is 2.20. The van der Waals surface area contributed by atoms with E-state index >= 15 is 0 Å². The van der Waals surface area contributed by atoms with Crippen molar-refractivity contribution in [3.63, 3.8) is 0 Å². The Balaban J connectivity index is 2.02. The molecule has 2 rings (SSSR count). The van der Waals surface area contributed by atoms with Gasteiger partial charge in [0.1, 0.15) is 0 Å². The summed E-state index contributed by atoms with van der Waals surface area (Å²) in [5.41, 5.74) is 0.924. The zero-order chi connectivity index (χ0) is 13.1. The van der Waals surface area contributed by atoms with Crippen LogP contribution in [-0.2, 0) is 0 Å². The van der Waals surface area contributed by atoms with Crippen LogP contribution in [0.1, 0.15) is 32.6 Å². The van der Waals surface area contributed by atoms with Crippen LogP contribution in [0.3, 0.4) is 0 Å². The standard InChI is InChI=1S/C13H17BrN2O2/c1-9(7-10-3-2-4-10)15-13-8-11(16(17)18)5-6-12(13)14/h5-6,8-10,15H,2-4,7H2,1H3. The molecule has 0 saturated heterocycles. The first-order chi connectivity index (χ1) is 8.56. The van der Waals surface area contributed by atoms with Crippen LogP contribution < -0.4 is 5.32 Å². The third kappa shape index (κ3) is 3.22. The zero-order valence-corrected chi connectivity index (χ0v) is 11.9. The van der Waals surface area contributed by atoms with Crippen LogP contribution in [0, 0.1) is 16.0 Å². The predicted molar refractivity (Wildman–Crippen MR) is 75.8 cm³/mol. The van der Waals surface area contributed by atoms with Crippen LogP contribution in [-0.4, -0.2) is 11.0 Å². The average Bonchev–Trinajstić information content (AvgIpc) is 2.26. The largest absolute Gasteiger partial charge is 0.381 e. The van der Waals surface area contributed by atoms with Gasteiger partial charge < -0.3 is 5.32 Å². The first-order valence-corrected chi connectivity index (χ1v) is 7.06. The van der Waals surface area contributed by atoms with Crippen LogP contribution in [0.15, 0.2) is 22.7 Å². The minimum absolute atomic E-state index is 0.122. The quantitative estimate of drug-likeness (QED) is 0.649. The number of anilines is 1. The molecule has 0 radical (unpaired) electrons. The van der Waals surface area contributed by atoms with E-state index in [2.05, 4.69) is 28.2 Å². The molecule has 0 bridgehead atoms. The van der Waals surface area contributed by atoms with E-state index in [1.165, 1.54) is 25.3 Å². The molecule has 1 aliphatic carbocycles. The number of nitrogens with zero attached hydrogens (tertiary/aromatic N) is 1. The van der Waals surface area contributed by atoms with Gasteiger partial charge in [-0.3, -0.25) is 10.1 Å². The maximum absolute atomic E-state index is 10.7. The fraction of sp³-hybridized carbons (Fsp3) is 0.538. The molecule has 1 fully saturated rings. The Bertz CT molecular complexity index is 447. The molecule has 1 atom stereocenters. The monoisotopic (exact) mass is 312 g/mol. The van der Waals surface area contributed by atoms with Crippen LogP contribution >= 0.6 is 15.9 Å². The number of benzene rings is 1. The van der Waals surface area contributed by atoms with Crippen molar-refractivity contribution in [2.24, 2.45) is 5.92 Å². The first-order valence-electron chi connectivity index (χ1n) is 6.26. The van der Waals surface area contributed by atoms with E-state index in [-0.39, 0.29) is 10.6 Å². The number of hydrogen-bond donors (Lipinski definition) is 1. The number of non-ortho nitro benzene ring substituents is 1. The van der Waals surface area contributed by atoms with E-state index < -0.39 is 0 Å². The SMILES string of the molecule is CC(CC1CCC1)Nc1cc([N+](=O)[O-])ccc1Br. The molecule has 0 spiro atoms. The second-order valence-corrected chi connectivity index (χ2v) is 5.85. The Morgan fingerprint density at radius 2 is 2.28 bits per heavy atom. The third-order valence-electron chi connectivity index (χ3n) is 3.47. The molecule has 0 aliphatic heterocycles. The highest BCUT2D eigenvalue weighted by molar-refractivity contribution is 9.10. The Morgan fingerprint density at radius 3 is 2.83 bits per heavy atom. The molecule has 98 valence electrons. The molecule has 1 aromatic carbocycles. The van der Waals surface area contributed by atoms with Gasteiger partial charge in [-0.25, -0.2) is 0 Å². The molecule has 1 saturated carbocycles. The highest BCUT2D eigenvalue weighted by Crippen LogP contribution is 2.32. The minimum atomic E-state index is -0.367. The van der Waals surface area contributed by atoms with E-state index in [0.29, 0.717) is 6.04 Å². The molecule has 0 heterocycles. The Morgan fingerprint density at radius 1 is 1.56 bits per heavy atom. The molecule has 1 aromatic rings. The zero-order valence-electron chi connectivity index (χ0n) is 10.4. The molecule has 0 amide bonds. The van der Waals surface area contributed by atoms with Crippen molar-refractivity contribution in [2.45, 2.75) is 38.6 Å². The van der Waals surface area contributed by atoms with Crippen molar-refractivity contribution in [1.29, 1.82) is 0 Å². The van der Waals surface area contributed by atoms with Gasteiger partial charge in [-0.05, 0) is 41.3 Å². The van der Waals surface area contributed by atoms with Gasteiger partial charge >= 0.3 is 0 Å². The summed E-state index contributed by atoms with van der Waals surface area (Å²) < 4.78 is 0.869. The maximum atomic E-state index is 10.7. The van der Waals surface area contributed by atoms with Crippen molar-refractivity contribution in [3.8, 4) is 0 Å². The summed E-state index contributed by atoms with van der Waals surface area (Å²) in [6, 6.07) is 5.15. The van der Waals surface area contributed by atoms with E-state index in [9.17, 15) is 10.1 Å². The number of rotatable bonds is 5. The number of nitro benzene ring substituents is 1. The lowest BCUT2D eigenvalue weighted by Crippen LogP contribution is -2.23. The molecule has 4 nitrogen and oxygen atoms in total. The van der Waals surface area contributed by atoms with Crippen molar-refractivity contribution in [3.05, 3.63) is 32.8 Å².